The van der Waals surface area contributed by atoms with Gasteiger partial charge >= 0.3 is 0 Å². The average molecular weight is 373 g/mol. The van der Waals surface area contributed by atoms with Gasteiger partial charge in [-0.05, 0) is 66.6 Å². The van der Waals surface area contributed by atoms with Crippen molar-refractivity contribution >= 4 is 23.2 Å². The summed E-state index contributed by atoms with van der Waals surface area (Å²) in [5.74, 6) is -0.342. The molecular weight excluding hydrogens is 351 g/mol. The van der Waals surface area contributed by atoms with Gasteiger partial charge < -0.3 is 10.6 Å². The van der Waals surface area contributed by atoms with E-state index >= 15 is 0 Å². The van der Waals surface area contributed by atoms with Crippen LogP contribution in [0.25, 0.3) is 0 Å². The third-order valence-corrected chi connectivity index (χ3v) is 6.29. The number of carbonyl (C=O) groups is 1. The number of anilines is 1. The summed E-state index contributed by atoms with van der Waals surface area (Å²) in [4.78, 5) is 12.5. The monoisotopic (exact) mass is 372 g/mol. The highest BCUT2D eigenvalue weighted by Gasteiger charge is 2.70. The molecule has 3 fully saturated rings. The second-order valence-corrected chi connectivity index (χ2v) is 8.31. The highest BCUT2D eigenvalue weighted by Crippen LogP contribution is 2.70. The Morgan fingerprint density at radius 3 is 2.54 bits per heavy atom. The van der Waals surface area contributed by atoms with E-state index < -0.39 is 0 Å². The molecule has 2 bridgehead atoms. The number of benzene rings is 2. The van der Waals surface area contributed by atoms with Gasteiger partial charge in [-0.25, -0.2) is 4.39 Å². The third kappa shape index (κ3) is 3.12. The summed E-state index contributed by atoms with van der Waals surface area (Å²) in [6.07, 6.45) is 3.08. The smallest absolute Gasteiger partial charge is 0.227 e. The molecule has 2 aromatic carbocycles. The predicted molar refractivity (Wildman–Crippen MR) is 102 cm³/mol. The first-order valence-corrected chi connectivity index (χ1v) is 9.34. The zero-order valence-electron chi connectivity index (χ0n) is 14.7. The molecule has 3 aliphatic rings. The molecule has 0 aromatic heterocycles. The Balaban J connectivity index is 1.29. The average Bonchev–Trinajstić information content (AvgIpc) is 2.54. The SMILES string of the molecule is CC(C(=O)Nc1ccc(F)cc1)C12CC(NCc3cccc(Cl)c3)(C1)C2. The van der Waals surface area contributed by atoms with Crippen LogP contribution in [-0.4, -0.2) is 11.4 Å². The van der Waals surface area contributed by atoms with Crippen molar-refractivity contribution in [2.45, 2.75) is 38.3 Å². The van der Waals surface area contributed by atoms with Crippen molar-refractivity contribution in [3.05, 3.63) is 64.9 Å². The minimum Gasteiger partial charge on any atom is -0.326 e. The highest BCUT2D eigenvalue weighted by molar-refractivity contribution is 6.30. The molecule has 2 N–H and O–H groups in total. The summed E-state index contributed by atoms with van der Waals surface area (Å²) in [7, 11) is 0. The van der Waals surface area contributed by atoms with Gasteiger partial charge in [0.25, 0.3) is 0 Å². The number of amides is 1. The molecule has 0 aliphatic heterocycles. The number of hydrogen-bond donors (Lipinski definition) is 2. The lowest BCUT2D eigenvalue weighted by molar-refractivity contribution is -0.190. The number of rotatable bonds is 6. The van der Waals surface area contributed by atoms with Crippen molar-refractivity contribution in [2.75, 3.05) is 5.32 Å². The maximum absolute atomic E-state index is 13.0. The van der Waals surface area contributed by atoms with E-state index in [4.69, 9.17) is 11.6 Å². The van der Waals surface area contributed by atoms with E-state index in [1.165, 1.54) is 17.7 Å². The van der Waals surface area contributed by atoms with Gasteiger partial charge in [-0.2, -0.15) is 0 Å². The van der Waals surface area contributed by atoms with Crippen molar-refractivity contribution in [3.63, 3.8) is 0 Å². The Kier molecular flexibility index (Phi) is 4.28. The Labute approximate surface area is 157 Å². The van der Waals surface area contributed by atoms with Crippen molar-refractivity contribution in [1.29, 1.82) is 0 Å². The fourth-order valence-corrected chi connectivity index (χ4v) is 4.72. The standard InChI is InChI=1S/C21H22ClFN2O/c1-14(19(26)25-18-7-5-17(23)6-8-18)20-11-21(12-20,13-20)24-10-15-3-2-4-16(22)9-15/h2-9,14,24H,10-13H2,1H3,(H,25,26). The van der Waals surface area contributed by atoms with Gasteiger partial charge in [0.05, 0.1) is 0 Å². The van der Waals surface area contributed by atoms with E-state index in [-0.39, 0.29) is 28.6 Å². The zero-order valence-corrected chi connectivity index (χ0v) is 15.4. The van der Waals surface area contributed by atoms with Gasteiger partial charge in [0.1, 0.15) is 5.82 Å². The van der Waals surface area contributed by atoms with E-state index in [1.807, 2.05) is 25.1 Å². The second-order valence-electron chi connectivity index (χ2n) is 7.87. The van der Waals surface area contributed by atoms with Gasteiger partial charge in [-0.15, -0.1) is 0 Å². The molecule has 0 saturated heterocycles. The fourth-order valence-electron chi connectivity index (χ4n) is 4.51. The number of carbonyl (C=O) groups excluding carboxylic acids is 1. The van der Waals surface area contributed by atoms with Crippen LogP contribution in [0.5, 0.6) is 0 Å². The van der Waals surface area contributed by atoms with Crippen molar-refractivity contribution in [2.24, 2.45) is 11.3 Å². The highest BCUT2D eigenvalue weighted by atomic mass is 35.5. The van der Waals surface area contributed by atoms with E-state index in [0.29, 0.717) is 5.69 Å². The topological polar surface area (TPSA) is 41.1 Å². The van der Waals surface area contributed by atoms with Crippen molar-refractivity contribution in [3.8, 4) is 0 Å². The molecule has 1 amide bonds. The summed E-state index contributed by atoms with van der Waals surface area (Å²) in [6.45, 7) is 2.80. The maximum Gasteiger partial charge on any atom is 0.227 e. The van der Waals surface area contributed by atoms with Crippen LogP contribution in [0.2, 0.25) is 5.02 Å². The number of halogens is 2. The Bertz CT molecular complexity index is 816. The first-order valence-electron chi connectivity index (χ1n) is 8.96. The molecule has 1 atom stereocenters. The lowest BCUT2D eigenvalue weighted by Gasteiger charge is -2.73. The molecule has 136 valence electrons. The van der Waals surface area contributed by atoms with Crippen LogP contribution in [-0.2, 0) is 11.3 Å². The van der Waals surface area contributed by atoms with Gasteiger partial charge in [-0.3, -0.25) is 4.79 Å². The molecular formula is C21H22ClFN2O. The molecule has 0 heterocycles. The first-order chi connectivity index (χ1) is 12.4. The minimum atomic E-state index is -0.303. The summed E-state index contributed by atoms with van der Waals surface area (Å²) in [5.41, 5.74) is 2.10. The summed E-state index contributed by atoms with van der Waals surface area (Å²) in [6, 6.07) is 13.8. The van der Waals surface area contributed by atoms with Crippen LogP contribution in [0.1, 0.15) is 31.7 Å². The van der Waals surface area contributed by atoms with Gasteiger partial charge in [0, 0.05) is 28.7 Å². The summed E-state index contributed by atoms with van der Waals surface area (Å²) >= 11 is 6.03. The Hall–Kier alpha value is -1.91. The van der Waals surface area contributed by atoms with Crippen LogP contribution >= 0.6 is 11.6 Å². The molecule has 1 unspecified atom stereocenters. The van der Waals surface area contributed by atoms with E-state index in [1.54, 1.807) is 12.1 Å². The van der Waals surface area contributed by atoms with Crippen molar-refractivity contribution < 1.29 is 9.18 Å². The molecule has 5 heteroatoms. The van der Waals surface area contributed by atoms with Crippen LogP contribution < -0.4 is 10.6 Å². The Morgan fingerprint density at radius 1 is 1.19 bits per heavy atom. The second kappa shape index (κ2) is 6.36. The molecule has 0 radical (unpaired) electrons. The predicted octanol–water partition coefficient (Wildman–Crippen LogP) is 4.77. The van der Waals surface area contributed by atoms with Crippen LogP contribution in [0.15, 0.2) is 48.5 Å². The molecule has 0 spiro atoms. The van der Waals surface area contributed by atoms with E-state index in [0.717, 1.165) is 30.8 Å². The van der Waals surface area contributed by atoms with Crippen LogP contribution in [0, 0.1) is 17.2 Å². The fraction of sp³-hybridized carbons (Fsp3) is 0.381. The lowest BCUT2D eigenvalue weighted by atomic mass is 9.36. The van der Waals surface area contributed by atoms with Gasteiger partial charge in [-0.1, -0.05) is 30.7 Å². The molecule has 2 aromatic rings. The third-order valence-electron chi connectivity index (χ3n) is 6.05. The molecule has 5 rings (SSSR count). The molecule has 3 nitrogen and oxygen atoms in total. The quantitative estimate of drug-likeness (QED) is 0.767. The molecule has 3 aliphatic carbocycles. The zero-order chi connectivity index (χ0) is 18.4. The van der Waals surface area contributed by atoms with Gasteiger partial charge in [0.2, 0.25) is 5.91 Å². The van der Waals surface area contributed by atoms with E-state index in [9.17, 15) is 9.18 Å². The summed E-state index contributed by atoms with van der Waals surface area (Å²) in [5, 5.41) is 7.31. The Morgan fingerprint density at radius 2 is 1.88 bits per heavy atom. The summed E-state index contributed by atoms with van der Waals surface area (Å²) < 4.78 is 13.0. The number of nitrogens with one attached hydrogen (secondary N) is 2. The number of hydrogen-bond acceptors (Lipinski definition) is 2. The maximum atomic E-state index is 13.0. The van der Waals surface area contributed by atoms with Crippen LogP contribution in [0.3, 0.4) is 0 Å². The molecule has 3 saturated carbocycles. The van der Waals surface area contributed by atoms with Gasteiger partial charge in [0.15, 0.2) is 0 Å². The van der Waals surface area contributed by atoms with E-state index in [2.05, 4.69) is 16.7 Å². The van der Waals surface area contributed by atoms with Crippen LogP contribution in [0.4, 0.5) is 10.1 Å². The normalized spacial score (nSPS) is 27.2. The lowest BCUT2D eigenvalue weighted by Crippen LogP contribution is -2.76. The largest absolute Gasteiger partial charge is 0.326 e. The van der Waals surface area contributed by atoms with Crippen molar-refractivity contribution in [1.82, 2.24) is 5.32 Å². The first kappa shape index (κ1) is 17.5. The minimum absolute atomic E-state index is 0.0137. The molecule has 26 heavy (non-hydrogen) atoms.